The number of anilines is 1. The van der Waals surface area contributed by atoms with E-state index in [9.17, 15) is 9.59 Å². The molecule has 0 aromatic heterocycles. The fourth-order valence-corrected chi connectivity index (χ4v) is 3.39. The van der Waals surface area contributed by atoms with Crippen LogP contribution >= 0.6 is 23.4 Å². The number of amides is 2. The highest BCUT2D eigenvalue weighted by Gasteiger charge is 2.36. The second-order valence-corrected chi connectivity index (χ2v) is 7.19. The van der Waals surface area contributed by atoms with Crippen molar-refractivity contribution in [2.24, 2.45) is 0 Å². The summed E-state index contributed by atoms with van der Waals surface area (Å²) in [7, 11) is 0. The van der Waals surface area contributed by atoms with Crippen molar-refractivity contribution in [2.45, 2.75) is 19.8 Å². The van der Waals surface area contributed by atoms with Gasteiger partial charge in [-0.05, 0) is 66.2 Å². The summed E-state index contributed by atoms with van der Waals surface area (Å²) in [5, 5.41) is 0.237. The highest BCUT2D eigenvalue weighted by molar-refractivity contribution is 8.19. The molecule has 0 N–H and O–H groups in total. The van der Waals surface area contributed by atoms with Gasteiger partial charge in [0, 0.05) is 5.02 Å². The molecular weight excluding hydrogens is 370 g/mol. The second kappa shape index (κ2) is 8.43. The molecule has 3 rings (SSSR count). The number of halogens is 1. The molecule has 0 spiro atoms. The van der Waals surface area contributed by atoms with Crippen LogP contribution in [0.5, 0.6) is 5.75 Å². The van der Waals surface area contributed by atoms with Crippen molar-refractivity contribution in [3.8, 4) is 5.75 Å². The Morgan fingerprint density at radius 3 is 2.42 bits per heavy atom. The molecule has 1 saturated heterocycles. The van der Waals surface area contributed by atoms with Crippen molar-refractivity contribution in [2.75, 3.05) is 11.5 Å². The topological polar surface area (TPSA) is 46.6 Å². The molecule has 0 atom stereocenters. The van der Waals surface area contributed by atoms with Crippen LogP contribution in [0.3, 0.4) is 0 Å². The molecule has 0 saturated carbocycles. The van der Waals surface area contributed by atoms with E-state index < -0.39 is 0 Å². The van der Waals surface area contributed by atoms with Crippen LogP contribution in [0.25, 0.3) is 6.08 Å². The van der Waals surface area contributed by atoms with Crippen molar-refractivity contribution in [3.63, 3.8) is 0 Å². The van der Waals surface area contributed by atoms with Gasteiger partial charge in [0.2, 0.25) is 0 Å². The van der Waals surface area contributed by atoms with Crippen molar-refractivity contribution in [1.29, 1.82) is 0 Å². The fraction of sp³-hybridized carbons (Fsp3) is 0.200. The SMILES string of the molecule is CCCCOc1ccc(/C=C2/SC(=O)N(c3ccc(Cl)cc3)C2=O)cc1. The van der Waals surface area contributed by atoms with E-state index in [0.29, 0.717) is 22.2 Å². The molecule has 26 heavy (non-hydrogen) atoms. The van der Waals surface area contributed by atoms with Gasteiger partial charge < -0.3 is 4.74 Å². The molecule has 0 unspecified atom stereocenters. The number of imide groups is 1. The minimum Gasteiger partial charge on any atom is -0.494 e. The number of carbonyl (C=O) groups is 2. The summed E-state index contributed by atoms with van der Waals surface area (Å²) in [6, 6.07) is 14.1. The van der Waals surface area contributed by atoms with Gasteiger partial charge in [0.25, 0.3) is 11.1 Å². The molecule has 0 radical (unpaired) electrons. The Labute approximate surface area is 161 Å². The molecule has 4 nitrogen and oxygen atoms in total. The van der Waals surface area contributed by atoms with Crippen LogP contribution in [-0.4, -0.2) is 17.8 Å². The number of hydrogen-bond donors (Lipinski definition) is 0. The Hall–Kier alpha value is -2.24. The molecule has 1 heterocycles. The van der Waals surface area contributed by atoms with Crippen LogP contribution in [0.4, 0.5) is 10.5 Å². The normalized spacial score (nSPS) is 15.8. The Bertz CT molecular complexity index is 831. The zero-order valence-electron chi connectivity index (χ0n) is 14.3. The zero-order chi connectivity index (χ0) is 18.5. The van der Waals surface area contributed by atoms with Crippen LogP contribution in [0.15, 0.2) is 53.4 Å². The van der Waals surface area contributed by atoms with Crippen molar-refractivity contribution >= 4 is 46.3 Å². The first-order valence-corrected chi connectivity index (χ1v) is 9.54. The van der Waals surface area contributed by atoms with Crippen LogP contribution in [0.1, 0.15) is 25.3 Å². The van der Waals surface area contributed by atoms with Crippen LogP contribution in [0.2, 0.25) is 5.02 Å². The standard InChI is InChI=1S/C20H18ClNO3S/c1-2-3-12-25-17-10-4-14(5-11-17)13-18-19(23)22(20(24)26-18)16-8-6-15(21)7-9-16/h4-11,13H,2-3,12H2,1H3/b18-13+. The third-order valence-electron chi connectivity index (χ3n) is 3.82. The summed E-state index contributed by atoms with van der Waals surface area (Å²) >= 11 is 6.80. The lowest BCUT2D eigenvalue weighted by atomic mass is 10.2. The lowest BCUT2D eigenvalue weighted by molar-refractivity contribution is -0.113. The minimum atomic E-state index is -0.328. The van der Waals surface area contributed by atoms with Gasteiger partial charge in [-0.1, -0.05) is 37.1 Å². The summed E-state index contributed by atoms with van der Waals surface area (Å²) in [5.41, 5.74) is 1.36. The maximum Gasteiger partial charge on any atom is 0.298 e. The van der Waals surface area contributed by atoms with E-state index in [2.05, 4.69) is 6.92 Å². The number of rotatable bonds is 6. The first kappa shape index (κ1) is 18.5. The van der Waals surface area contributed by atoms with Gasteiger partial charge in [-0.25, -0.2) is 4.90 Å². The molecule has 2 amide bonds. The number of ether oxygens (including phenoxy) is 1. The third-order valence-corrected chi connectivity index (χ3v) is 4.94. The van der Waals surface area contributed by atoms with E-state index in [1.165, 1.54) is 0 Å². The third kappa shape index (κ3) is 4.29. The summed E-state index contributed by atoms with van der Waals surface area (Å²) < 4.78 is 5.63. The molecule has 1 aliphatic heterocycles. The van der Waals surface area contributed by atoms with Gasteiger partial charge in [0.1, 0.15) is 5.75 Å². The van der Waals surface area contributed by atoms with E-state index >= 15 is 0 Å². The number of benzene rings is 2. The quantitative estimate of drug-likeness (QED) is 0.467. The molecule has 1 fully saturated rings. The number of nitrogens with zero attached hydrogens (tertiary/aromatic N) is 1. The first-order valence-electron chi connectivity index (χ1n) is 8.35. The van der Waals surface area contributed by atoms with Crippen molar-refractivity contribution in [3.05, 3.63) is 64.0 Å². The molecule has 2 aromatic carbocycles. The average Bonchev–Trinajstić information content (AvgIpc) is 2.91. The summed E-state index contributed by atoms with van der Waals surface area (Å²) in [6.45, 7) is 2.80. The Morgan fingerprint density at radius 2 is 1.77 bits per heavy atom. The van der Waals surface area contributed by atoms with E-state index in [1.54, 1.807) is 30.3 Å². The predicted molar refractivity (Wildman–Crippen MR) is 107 cm³/mol. The van der Waals surface area contributed by atoms with Crippen molar-refractivity contribution < 1.29 is 14.3 Å². The molecule has 0 aliphatic carbocycles. The van der Waals surface area contributed by atoms with E-state index in [0.717, 1.165) is 40.8 Å². The Kier molecular flexibility index (Phi) is 6.01. The van der Waals surface area contributed by atoms with E-state index in [1.807, 2.05) is 24.3 Å². The monoisotopic (exact) mass is 387 g/mol. The van der Waals surface area contributed by atoms with Gasteiger partial charge in [0.05, 0.1) is 17.2 Å². The minimum absolute atomic E-state index is 0.317. The van der Waals surface area contributed by atoms with Gasteiger partial charge in [0.15, 0.2) is 0 Å². The summed E-state index contributed by atoms with van der Waals surface area (Å²) in [6.07, 6.45) is 3.82. The lowest BCUT2D eigenvalue weighted by Gasteiger charge is -2.12. The predicted octanol–water partition coefficient (Wildman–Crippen LogP) is 5.76. The molecule has 1 aliphatic rings. The van der Waals surface area contributed by atoms with Crippen LogP contribution in [-0.2, 0) is 4.79 Å². The maximum absolute atomic E-state index is 12.6. The molecule has 0 bridgehead atoms. The van der Waals surface area contributed by atoms with Gasteiger partial charge in [-0.2, -0.15) is 0 Å². The Morgan fingerprint density at radius 1 is 1.08 bits per heavy atom. The number of hydrogen-bond acceptors (Lipinski definition) is 4. The van der Waals surface area contributed by atoms with Gasteiger partial charge >= 0.3 is 0 Å². The first-order chi connectivity index (χ1) is 12.6. The molecule has 6 heteroatoms. The molecule has 2 aromatic rings. The second-order valence-electron chi connectivity index (χ2n) is 5.76. The van der Waals surface area contributed by atoms with Crippen molar-refractivity contribution in [1.82, 2.24) is 0 Å². The lowest BCUT2D eigenvalue weighted by Crippen LogP contribution is -2.27. The smallest absolute Gasteiger partial charge is 0.298 e. The fourth-order valence-electron chi connectivity index (χ4n) is 2.43. The maximum atomic E-state index is 12.6. The van der Waals surface area contributed by atoms with Crippen LogP contribution in [0, 0.1) is 0 Å². The number of unbranched alkanes of at least 4 members (excludes halogenated alkanes) is 1. The van der Waals surface area contributed by atoms with E-state index in [4.69, 9.17) is 16.3 Å². The molecular formula is C20H18ClNO3S. The largest absolute Gasteiger partial charge is 0.494 e. The highest BCUT2D eigenvalue weighted by atomic mass is 35.5. The van der Waals surface area contributed by atoms with Gasteiger partial charge in [-0.15, -0.1) is 0 Å². The Balaban J connectivity index is 1.74. The van der Waals surface area contributed by atoms with E-state index in [-0.39, 0.29) is 11.1 Å². The van der Waals surface area contributed by atoms with Gasteiger partial charge in [-0.3, -0.25) is 9.59 Å². The average molecular weight is 388 g/mol. The summed E-state index contributed by atoms with van der Waals surface area (Å²) in [5.74, 6) is 0.468. The highest BCUT2D eigenvalue weighted by Crippen LogP contribution is 2.36. The molecule has 134 valence electrons. The number of carbonyl (C=O) groups excluding carboxylic acids is 2. The summed E-state index contributed by atoms with van der Waals surface area (Å²) in [4.78, 5) is 26.4. The number of thioether (sulfide) groups is 1. The zero-order valence-corrected chi connectivity index (χ0v) is 15.8. The van der Waals surface area contributed by atoms with Crippen LogP contribution < -0.4 is 9.64 Å².